The van der Waals surface area contributed by atoms with E-state index >= 15 is 0 Å². The summed E-state index contributed by atoms with van der Waals surface area (Å²) in [6, 6.07) is 8.75. The minimum Gasteiger partial charge on any atom is -0.480 e. The molecule has 1 aromatic rings. The first-order valence-corrected chi connectivity index (χ1v) is 7.84. The summed E-state index contributed by atoms with van der Waals surface area (Å²) in [7, 11) is 1.54. The molecule has 1 N–H and O–H groups in total. The molecule has 6 nitrogen and oxygen atoms in total. The summed E-state index contributed by atoms with van der Waals surface area (Å²) in [5, 5.41) is 9.27. The molecule has 1 aliphatic carbocycles. The molecule has 1 atom stereocenters. The van der Waals surface area contributed by atoms with Crippen molar-refractivity contribution < 1.29 is 19.5 Å². The number of benzene rings is 1. The fourth-order valence-corrected chi connectivity index (χ4v) is 3.20. The van der Waals surface area contributed by atoms with E-state index in [4.69, 9.17) is 0 Å². The molecule has 23 heavy (non-hydrogen) atoms. The molecule has 6 heteroatoms. The zero-order chi connectivity index (χ0) is 16.6. The van der Waals surface area contributed by atoms with Gasteiger partial charge in [-0.1, -0.05) is 18.2 Å². The number of nitrogens with zero attached hydrogens (tertiary/aromatic N) is 2. The Morgan fingerprint density at radius 3 is 2.48 bits per heavy atom. The quantitative estimate of drug-likeness (QED) is 0.854. The summed E-state index contributed by atoms with van der Waals surface area (Å²) in [6.45, 7) is 0.617. The summed E-state index contributed by atoms with van der Waals surface area (Å²) >= 11 is 0. The maximum absolute atomic E-state index is 12.8. The molecule has 1 saturated heterocycles. The zero-order valence-electron chi connectivity index (χ0n) is 13.1. The molecule has 1 aromatic carbocycles. The van der Waals surface area contributed by atoms with Crippen LogP contribution in [0.1, 0.15) is 25.7 Å². The smallest absolute Gasteiger partial charge is 0.319 e. The Labute approximate surface area is 134 Å². The number of piperidine rings is 1. The molecule has 2 fully saturated rings. The van der Waals surface area contributed by atoms with E-state index in [0.717, 1.165) is 12.1 Å². The Hall–Kier alpha value is -2.37. The average molecular weight is 316 g/mol. The van der Waals surface area contributed by atoms with E-state index in [2.05, 4.69) is 0 Å². The van der Waals surface area contributed by atoms with Gasteiger partial charge in [-0.25, -0.2) is 0 Å². The summed E-state index contributed by atoms with van der Waals surface area (Å²) in [4.78, 5) is 39.7. The predicted octanol–water partition coefficient (Wildman–Crippen LogP) is 1.51. The van der Waals surface area contributed by atoms with Gasteiger partial charge < -0.3 is 14.9 Å². The van der Waals surface area contributed by atoms with Gasteiger partial charge in [-0.05, 0) is 37.8 Å². The second-order valence-corrected chi connectivity index (χ2v) is 6.29. The number of amides is 2. The number of para-hydroxylation sites is 1. The van der Waals surface area contributed by atoms with Crippen LogP contribution in [-0.4, -0.2) is 47.4 Å². The lowest BCUT2D eigenvalue weighted by molar-refractivity contribution is -0.155. The lowest BCUT2D eigenvalue weighted by Gasteiger charge is -2.37. The average Bonchev–Trinajstić information content (AvgIpc) is 3.36. The Bertz CT molecular complexity index is 639. The van der Waals surface area contributed by atoms with E-state index in [0.29, 0.717) is 25.8 Å². The van der Waals surface area contributed by atoms with Crippen LogP contribution < -0.4 is 4.90 Å². The third-order valence-corrected chi connectivity index (χ3v) is 4.83. The standard InChI is InChI=1S/C17H20N2O4/c1-18(15(21)17(9-10-17)16(22)23)13-8-5-11-19(14(13)20)12-6-3-2-4-7-12/h2-4,6-7,13H,5,8-11H2,1H3,(H,22,23). The van der Waals surface area contributed by atoms with Crippen LogP contribution in [0.25, 0.3) is 0 Å². The molecular weight excluding hydrogens is 296 g/mol. The third kappa shape index (κ3) is 2.58. The minimum absolute atomic E-state index is 0.139. The first kappa shape index (κ1) is 15.5. The van der Waals surface area contributed by atoms with Crippen molar-refractivity contribution in [3.05, 3.63) is 30.3 Å². The molecule has 2 amide bonds. The number of carbonyl (C=O) groups is 3. The lowest BCUT2D eigenvalue weighted by Crippen LogP contribution is -2.55. The van der Waals surface area contributed by atoms with Crippen LogP contribution in [0.2, 0.25) is 0 Å². The monoisotopic (exact) mass is 316 g/mol. The molecular formula is C17H20N2O4. The van der Waals surface area contributed by atoms with Crippen LogP contribution >= 0.6 is 0 Å². The van der Waals surface area contributed by atoms with Gasteiger partial charge in [0.15, 0.2) is 0 Å². The molecule has 0 radical (unpaired) electrons. The summed E-state index contributed by atoms with van der Waals surface area (Å²) in [5.74, 6) is -1.67. The van der Waals surface area contributed by atoms with E-state index in [9.17, 15) is 19.5 Å². The Kier molecular flexibility index (Phi) is 3.83. The SMILES string of the molecule is CN(C(=O)C1(C(=O)O)CC1)C1CCCN(c2ccccc2)C1=O. The van der Waals surface area contributed by atoms with E-state index in [1.165, 1.54) is 4.90 Å². The van der Waals surface area contributed by atoms with Gasteiger partial charge in [0.1, 0.15) is 11.5 Å². The number of hydrogen-bond donors (Lipinski definition) is 1. The number of carboxylic acid groups (broad SMARTS) is 1. The van der Waals surface area contributed by atoms with Crippen molar-refractivity contribution in [2.45, 2.75) is 31.7 Å². The van der Waals surface area contributed by atoms with Gasteiger partial charge in [-0.3, -0.25) is 14.4 Å². The molecule has 1 unspecified atom stereocenters. The topological polar surface area (TPSA) is 77.9 Å². The highest BCUT2D eigenvalue weighted by Gasteiger charge is 2.59. The van der Waals surface area contributed by atoms with Gasteiger partial charge in [0, 0.05) is 19.3 Å². The van der Waals surface area contributed by atoms with E-state index in [-0.39, 0.29) is 5.91 Å². The third-order valence-electron chi connectivity index (χ3n) is 4.83. The molecule has 1 aliphatic heterocycles. The Morgan fingerprint density at radius 2 is 1.91 bits per heavy atom. The van der Waals surface area contributed by atoms with Gasteiger partial charge in [0.05, 0.1) is 0 Å². The highest BCUT2D eigenvalue weighted by molar-refractivity contribution is 6.07. The van der Waals surface area contributed by atoms with Crippen molar-refractivity contribution in [3.63, 3.8) is 0 Å². The Morgan fingerprint density at radius 1 is 1.26 bits per heavy atom. The van der Waals surface area contributed by atoms with Crippen molar-refractivity contribution in [2.24, 2.45) is 5.41 Å². The van der Waals surface area contributed by atoms with Crippen LogP contribution in [0.15, 0.2) is 30.3 Å². The number of likely N-dealkylation sites (N-methyl/N-ethyl adjacent to an activating group) is 1. The first-order chi connectivity index (χ1) is 11.0. The maximum atomic E-state index is 12.8. The molecule has 0 bridgehead atoms. The number of carboxylic acids is 1. The first-order valence-electron chi connectivity index (χ1n) is 7.84. The highest BCUT2D eigenvalue weighted by Crippen LogP contribution is 2.47. The minimum atomic E-state index is -1.30. The molecule has 3 rings (SSSR count). The van der Waals surface area contributed by atoms with Crippen LogP contribution in [0.5, 0.6) is 0 Å². The van der Waals surface area contributed by atoms with Crippen LogP contribution in [0.4, 0.5) is 5.69 Å². The van der Waals surface area contributed by atoms with Gasteiger partial charge >= 0.3 is 5.97 Å². The van der Waals surface area contributed by atoms with Crippen molar-refractivity contribution in [2.75, 3.05) is 18.5 Å². The van der Waals surface area contributed by atoms with Gasteiger partial charge in [0.2, 0.25) is 11.8 Å². The maximum Gasteiger partial charge on any atom is 0.319 e. The molecule has 122 valence electrons. The number of aliphatic carboxylic acids is 1. The van der Waals surface area contributed by atoms with Gasteiger partial charge in [-0.15, -0.1) is 0 Å². The number of rotatable bonds is 4. The van der Waals surface area contributed by atoms with Crippen LogP contribution in [-0.2, 0) is 14.4 Å². The number of hydrogen-bond acceptors (Lipinski definition) is 3. The largest absolute Gasteiger partial charge is 0.480 e. The van der Waals surface area contributed by atoms with Crippen molar-refractivity contribution in [3.8, 4) is 0 Å². The van der Waals surface area contributed by atoms with Gasteiger partial charge in [-0.2, -0.15) is 0 Å². The summed E-state index contributed by atoms with van der Waals surface area (Å²) in [6.07, 6.45) is 2.06. The predicted molar refractivity (Wildman–Crippen MR) is 83.9 cm³/mol. The van der Waals surface area contributed by atoms with E-state index in [1.807, 2.05) is 30.3 Å². The fourth-order valence-electron chi connectivity index (χ4n) is 3.20. The second kappa shape index (κ2) is 5.68. The number of anilines is 1. The summed E-state index contributed by atoms with van der Waals surface area (Å²) < 4.78 is 0. The fraction of sp³-hybridized carbons (Fsp3) is 0.471. The normalized spacial score (nSPS) is 22.6. The lowest BCUT2D eigenvalue weighted by atomic mass is 9.99. The van der Waals surface area contributed by atoms with Crippen molar-refractivity contribution in [1.82, 2.24) is 4.90 Å². The summed E-state index contributed by atoms with van der Waals surface area (Å²) in [5.41, 5.74) is -0.494. The molecule has 1 heterocycles. The van der Waals surface area contributed by atoms with Crippen LogP contribution in [0.3, 0.4) is 0 Å². The van der Waals surface area contributed by atoms with Crippen LogP contribution in [0, 0.1) is 5.41 Å². The molecule has 2 aliphatic rings. The Balaban J connectivity index is 1.79. The zero-order valence-corrected chi connectivity index (χ0v) is 13.1. The molecule has 0 spiro atoms. The van der Waals surface area contributed by atoms with E-state index < -0.39 is 23.3 Å². The number of carbonyl (C=O) groups excluding carboxylic acids is 2. The van der Waals surface area contributed by atoms with E-state index in [1.54, 1.807) is 11.9 Å². The van der Waals surface area contributed by atoms with Crippen molar-refractivity contribution >= 4 is 23.5 Å². The molecule has 0 aromatic heterocycles. The van der Waals surface area contributed by atoms with Gasteiger partial charge in [0.25, 0.3) is 0 Å². The second-order valence-electron chi connectivity index (χ2n) is 6.29. The van der Waals surface area contributed by atoms with Crippen molar-refractivity contribution in [1.29, 1.82) is 0 Å². The highest BCUT2D eigenvalue weighted by atomic mass is 16.4. The molecule has 1 saturated carbocycles.